The largest absolute Gasteiger partial charge is 0.444 e. The fraction of sp³-hybridized carbons (Fsp3) is 0.340. The van der Waals surface area contributed by atoms with Gasteiger partial charge in [-0.05, 0) is 67.1 Å². The molecule has 1 amide bonds. The standard InChI is InChI=1S/C47H52F2N2O5/c1-47(2,3)56-46(52)51-30-42(33-53-31-37-20-12-6-13-21-37)54-34-44(51)45(55-32-38-22-14-7-15-23-38)43(26-39-24-40(48)27-41(49)25-39)50(28-35-16-8-4-9-17-35)29-36-18-10-5-11-19-36/h4-25,27,42-45H,26,28-34H2,1-3H3/t42-,43?,44?,45?/m0/s1. The first-order chi connectivity index (χ1) is 27.1. The van der Waals surface area contributed by atoms with Crippen LogP contribution in [-0.4, -0.2) is 65.5 Å². The highest BCUT2D eigenvalue weighted by molar-refractivity contribution is 5.69. The second kappa shape index (κ2) is 19.8. The normalized spacial score (nSPS) is 17.1. The molecular formula is C47H52F2N2O5. The minimum absolute atomic E-state index is 0.122. The van der Waals surface area contributed by atoms with Gasteiger partial charge in [-0.15, -0.1) is 0 Å². The van der Waals surface area contributed by atoms with E-state index in [4.69, 9.17) is 18.9 Å². The van der Waals surface area contributed by atoms with Crippen molar-refractivity contribution in [3.05, 3.63) is 179 Å². The van der Waals surface area contributed by atoms with Crippen molar-refractivity contribution < 1.29 is 32.5 Å². The van der Waals surface area contributed by atoms with Crippen LogP contribution in [0.25, 0.3) is 0 Å². The molecule has 0 saturated carbocycles. The molecule has 0 bridgehead atoms. The maximum atomic E-state index is 14.9. The van der Waals surface area contributed by atoms with E-state index in [1.54, 1.807) is 4.90 Å². The molecule has 1 aliphatic rings. The van der Waals surface area contributed by atoms with Crippen molar-refractivity contribution in [3.8, 4) is 0 Å². The minimum atomic E-state index is -0.773. The summed E-state index contributed by atoms with van der Waals surface area (Å²) >= 11 is 0. The van der Waals surface area contributed by atoms with Crippen LogP contribution in [0.4, 0.5) is 13.6 Å². The average molecular weight is 763 g/mol. The number of ether oxygens (including phenoxy) is 4. The van der Waals surface area contributed by atoms with Crippen molar-refractivity contribution in [1.82, 2.24) is 9.80 Å². The predicted molar refractivity (Wildman–Crippen MR) is 214 cm³/mol. The molecule has 0 aromatic heterocycles. The van der Waals surface area contributed by atoms with E-state index in [2.05, 4.69) is 29.2 Å². The summed E-state index contributed by atoms with van der Waals surface area (Å²) in [6.07, 6.45) is -1.43. The van der Waals surface area contributed by atoms with E-state index in [0.717, 1.165) is 28.3 Å². The van der Waals surface area contributed by atoms with E-state index in [0.29, 0.717) is 25.3 Å². The van der Waals surface area contributed by atoms with Gasteiger partial charge in [-0.3, -0.25) is 9.80 Å². The van der Waals surface area contributed by atoms with E-state index in [1.165, 1.54) is 12.1 Å². The molecule has 0 radical (unpaired) electrons. The third-order valence-corrected chi connectivity index (χ3v) is 9.68. The van der Waals surface area contributed by atoms with Crippen LogP contribution in [0.15, 0.2) is 140 Å². The van der Waals surface area contributed by atoms with Crippen LogP contribution in [0.1, 0.15) is 48.6 Å². The van der Waals surface area contributed by atoms with E-state index in [1.807, 2.05) is 118 Å². The van der Waals surface area contributed by atoms with Gasteiger partial charge in [-0.2, -0.15) is 0 Å². The first-order valence-corrected chi connectivity index (χ1v) is 19.2. The fourth-order valence-corrected chi connectivity index (χ4v) is 7.11. The van der Waals surface area contributed by atoms with E-state index >= 15 is 0 Å². The first kappa shape index (κ1) is 40.7. The van der Waals surface area contributed by atoms with Gasteiger partial charge in [-0.25, -0.2) is 13.6 Å². The predicted octanol–water partition coefficient (Wildman–Crippen LogP) is 9.39. The molecule has 4 atom stereocenters. The molecule has 1 heterocycles. The summed E-state index contributed by atoms with van der Waals surface area (Å²) in [5, 5.41) is 0. The molecule has 294 valence electrons. The topological polar surface area (TPSA) is 60.5 Å². The van der Waals surface area contributed by atoms with Gasteiger partial charge in [0.15, 0.2) is 0 Å². The molecule has 7 nitrogen and oxygen atoms in total. The maximum Gasteiger partial charge on any atom is 0.410 e. The maximum absolute atomic E-state index is 14.9. The van der Waals surface area contributed by atoms with Crippen LogP contribution in [-0.2, 0) is 51.7 Å². The summed E-state index contributed by atoms with van der Waals surface area (Å²) in [5.74, 6) is -1.32. The first-order valence-electron chi connectivity index (χ1n) is 19.2. The smallest absolute Gasteiger partial charge is 0.410 e. The minimum Gasteiger partial charge on any atom is -0.444 e. The highest BCUT2D eigenvalue weighted by Gasteiger charge is 2.44. The zero-order valence-corrected chi connectivity index (χ0v) is 32.4. The Balaban J connectivity index is 1.41. The molecular weight excluding hydrogens is 711 g/mol. The SMILES string of the molecule is CC(C)(C)OC(=O)N1C[C@@H](COCc2ccccc2)OCC1C(OCc1ccccc1)C(Cc1cc(F)cc(F)c1)N(Cc1ccccc1)Cc1ccccc1. The Morgan fingerprint density at radius 3 is 1.75 bits per heavy atom. The van der Waals surface area contributed by atoms with Gasteiger partial charge in [0, 0.05) is 25.2 Å². The highest BCUT2D eigenvalue weighted by atomic mass is 19.1. The molecule has 6 rings (SSSR count). The quantitative estimate of drug-likeness (QED) is 0.0999. The third kappa shape index (κ3) is 12.3. The molecule has 1 aliphatic heterocycles. The zero-order chi connectivity index (χ0) is 39.3. The number of halogens is 2. The van der Waals surface area contributed by atoms with Crippen molar-refractivity contribution in [2.24, 2.45) is 0 Å². The van der Waals surface area contributed by atoms with Crippen molar-refractivity contribution in [2.75, 3.05) is 19.8 Å². The van der Waals surface area contributed by atoms with Gasteiger partial charge < -0.3 is 18.9 Å². The fourth-order valence-electron chi connectivity index (χ4n) is 7.11. The Kier molecular flexibility index (Phi) is 14.4. The lowest BCUT2D eigenvalue weighted by Gasteiger charge is -2.47. The van der Waals surface area contributed by atoms with Crippen molar-refractivity contribution in [2.45, 2.75) is 83.4 Å². The van der Waals surface area contributed by atoms with Crippen LogP contribution in [0.5, 0.6) is 0 Å². The van der Waals surface area contributed by atoms with E-state index in [-0.39, 0.29) is 32.8 Å². The van der Waals surface area contributed by atoms with Gasteiger partial charge >= 0.3 is 6.09 Å². The number of benzene rings is 5. The van der Waals surface area contributed by atoms with Crippen LogP contribution < -0.4 is 0 Å². The highest BCUT2D eigenvalue weighted by Crippen LogP contribution is 2.30. The van der Waals surface area contributed by atoms with Gasteiger partial charge in [0.05, 0.1) is 51.2 Å². The number of carbonyl (C=O) groups is 1. The second-order valence-electron chi connectivity index (χ2n) is 15.3. The number of morpholine rings is 1. The van der Waals surface area contributed by atoms with Crippen LogP contribution in [0.3, 0.4) is 0 Å². The van der Waals surface area contributed by atoms with Crippen molar-refractivity contribution in [3.63, 3.8) is 0 Å². The molecule has 3 unspecified atom stereocenters. The third-order valence-electron chi connectivity index (χ3n) is 9.68. The van der Waals surface area contributed by atoms with Gasteiger partial charge in [-0.1, -0.05) is 121 Å². The molecule has 0 spiro atoms. The second-order valence-corrected chi connectivity index (χ2v) is 15.3. The Hall–Kier alpha value is -4.93. The lowest BCUT2D eigenvalue weighted by molar-refractivity contribution is -0.147. The number of carbonyl (C=O) groups excluding carboxylic acids is 1. The summed E-state index contributed by atoms with van der Waals surface area (Å²) < 4.78 is 55.5. The summed E-state index contributed by atoms with van der Waals surface area (Å²) in [5.41, 5.74) is 3.79. The molecule has 5 aromatic carbocycles. The Morgan fingerprint density at radius 1 is 0.732 bits per heavy atom. The lowest BCUT2D eigenvalue weighted by atomic mass is 9.92. The Morgan fingerprint density at radius 2 is 1.23 bits per heavy atom. The number of nitrogens with zero attached hydrogens (tertiary/aromatic N) is 2. The molecule has 0 N–H and O–H groups in total. The number of hydrogen-bond acceptors (Lipinski definition) is 6. The molecule has 56 heavy (non-hydrogen) atoms. The van der Waals surface area contributed by atoms with Gasteiger partial charge in [0.1, 0.15) is 17.2 Å². The Labute approximate surface area is 329 Å². The monoisotopic (exact) mass is 762 g/mol. The summed E-state index contributed by atoms with van der Waals surface area (Å²) in [6.45, 7) is 7.73. The number of rotatable bonds is 16. The van der Waals surface area contributed by atoms with Crippen LogP contribution in [0.2, 0.25) is 0 Å². The molecule has 0 aliphatic carbocycles. The molecule has 9 heteroatoms. The molecule has 1 fully saturated rings. The molecule has 5 aromatic rings. The van der Waals surface area contributed by atoms with Crippen molar-refractivity contribution >= 4 is 6.09 Å². The van der Waals surface area contributed by atoms with Gasteiger partial charge in [0.25, 0.3) is 0 Å². The molecule has 1 saturated heterocycles. The summed E-state index contributed by atoms with van der Waals surface area (Å²) in [4.78, 5) is 18.3. The zero-order valence-electron chi connectivity index (χ0n) is 32.4. The summed E-state index contributed by atoms with van der Waals surface area (Å²) in [7, 11) is 0. The number of amides is 1. The Bertz CT molecular complexity index is 1870. The number of hydrogen-bond donors (Lipinski definition) is 0. The van der Waals surface area contributed by atoms with Crippen LogP contribution >= 0.6 is 0 Å². The van der Waals surface area contributed by atoms with Gasteiger partial charge in [0.2, 0.25) is 0 Å². The van der Waals surface area contributed by atoms with Crippen LogP contribution in [0, 0.1) is 11.6 Å². The summed E-state index contributed by atoms with van der Waals surface area (Å²) in [6, 6.07) is 42.4. The lowest BCUT2D eigenvalue weighted by Crippen LogP contribution is -2.63. The average Bonchev–Trinajstić information content (AvgIpc) is 3.18. The van der Waals surface area contributed by atoms with E-state index < -0.39 is 47.6 Å². The van der Waals surface area contributed by atoms with Crippen molar-refractivity contribution in [1.29, 1.82) is 0 Å². The van der Waals surface area contributed by atoms with E-state index in [9.17, 15) is 13.6 Å².